The van der Waals surface area contributed by atoms with E-state index >= 15 is 0 Å². The third-order valence-electron chi connectivity index (χ3n) is 7.60. The average molecular weight is 662 g/mol. The van der Waals surface area contributed by atoms with Crippen LogP contribution >= 0.6 is 0 Å². The van der Waals surface area contributed by atoms with Gasteiger partial charge in [0.2, 0.25) is 11.8 Å². The average Bonchev–Trinajstić information content (AvgIpc) is 3.05. The summed E-state index contributed by atoms with van der Waals surface area (Å²) < 4.78 is 54.4. The van der Waals surface area contributed by atoms with Gasteiger partial charge in [-0.05, 0) is 79.4 Å². The van der Waals surface area contributed by atoms with Crippen molar-refractivity contribution in [2.24, 2.45) is 0 Å². The van der Waals surface area contributed by atoms with E-state index in [1.54, 1.807) is 19.1 Å². The highest BCUT2D eigenvalue weighted by Crippen LogP contribution is 2.33. The summed E-state index contributed by atoms with van der Waals surface area (Å²) in [6.07, 6.45) is 0.172. The molecule has 0 heterocycles. The molecule has 11 heteroatoms. The molecule has 47 heavy (non-hydrogen) atoms. The fraction of sp³-hybridized carbons (Fsp3) is 0.278. The van der Waals surface area contributed by atoms with Gasteiger partial charge in [0.1, 0.15) is 18.4 Å². The zero-order chi connectivity index (χ0) is 34.1. The van der Waals surface area contributed by atoms with E-state index in [4.69, 9.17) is 9.47 Å². The number of halogens is 1. The van der Waals surface area contributed by atoms with Gasteiger partial charge in [0.25, 0.3) is 10.0 Å². The van der Waals surface area contributed by atoms with Crippen LogP contribution in [0.4, 0.5) is 10.1 Å². The zero-order valence-electron chi connectivity index (χ0n) is 27.2. The molecule has 0 unspecified atom stereocenters. The largest absolute Gasteiger partial charge is 0.493 e. The van der Waals surface area contributed by atoms with Gasteiger partial charge in [0.05, 0.1) is 24.8 Å². The topological polar surface area (TPSA) is 105 Å². The lowest BCUT2D eigenvalue weighted by Crippen LogP contribution is -2.53. The lowest BCUT2D eigenvalue weighted by molar-refractivity contribution is -0.140. The van der Waals surface area contributed by atoms with Gasteiger partial charge in [-0.25, -0.2) is 12.8 Å². The number of benzene rings is 4. The van der Waals surface area contributed by atoms with Crippen molar-refractivity contribution < 1.29 is 31.9 Å². The Morgan fingerprint density at radius 1 is 0.830 bits per heavy atom. The molecule has 1 N–H and O–H groups in total. The second-order valence-electron chi connectivity index (χ2n) is 11.1. The molecule has 0 aliphatic heterocycles. The smallest absolute Gasteiger partial charge is 0.264 e. The Morgan fingerprint density at radius 3 is 2.06 bits per heavy atom. The molecule has 248 valence electrons. The first-order chi connectivity index (χ1) is 22.5. The number of likely N-dealkylation sites (N-methyl/N-ethyl adjacent to an activating group) is 1. The SMILES string of the molecule is CCNC(=O)[C@@H](Cc1ccccc1)N(Cc1ccc(F)cc1)C(=O)CN(c1cc(C)cc(C)c1)S(=O)(=O)c1ccc(OC)c(OC)c1. The molecule has 0 radical (unpaired) electrons. The number of nitrogens with one attached hydrogen (secondary N) is 1. The van der Waals surface area contributed by atoms with Gasteiger partial charge in [-0.15, -0.1) is 0 Å². The van der Waals surface area contributed by atoms with Crippen molar-refractivity contribution in [3.8, 4) is 11.5 Å². The van der Waals surface area contributed by atoms with E-state index in [2.05, 4.69) is 5.32 Å². The van der Waals surface area contributed by atoms with Crippen molar-refractivity contribution >= 4 is 27.5 Å². The van der Waals surface area contributed by atoms with Gasteiger partial charge in [-0.2, -0.15) is 0 Å². The van der Waals surface area contributed by atoms with Crippen LogP contribution in [0.15, 0.2) is 95.9 Å². The van der Waals surface area contributed by atoms with Gasteiger partial charge in [0.15, 0.2) is 11.5 Å². The fourth-order valence-corrected chi connectivity index (χ4v) is 6.77. The molecule has 2 amide bonds. The highest BCUT2D eigenvalue weighted by molar-refractivity contribution is 7.92. The van der Waals surface area contributed by atoms with E-state index in [9.17, 15) is 22.4 Å². The summed E-state index contributed by atoms with van der Waals surface area (Å²) in [6, 6.07) is 23.4. The number of sulfonamides is 1. The number of hydrogen-bond acceptors (Lipinski definition) is 6. The first kappa shape index (κ1) is 35.0. The first-order valence-electron chi connectivity index (χ1n) is 15.2. The Kier molecular flexibility index (Phi) is 11.6. The Labute approximate surface area is 276 Å². The standard InChI is InChI=1S/C36H40FN3O6S/c1-6-38-36(42)32(21-27-10-8-7-9-11-27)39(23-28-12-14-29(37)15-13-28)35(41)24-40(30-19-25(2)18-26(3)20-30)47(43,44)31-16-17-33(45-4)34(22-31)46-5/h7-20,22,32H,6,21,23-24H2,1-5H3,(H,38,42)/t32-/m1/s1. The highest BCUT2D eigenvalue weighted by Gasteiger charge is 2.35. The van der Waals surface area contributed by atoms with Crippen molar-refractivity contribution in [2.45, 2.75) is 44.7 Å². The second-order valence-corrected chi connectivity index (χ2v) is 13.0. The maximum atomic E-state index is 14.5. The number of ether oxygens (including phenoxy) is 2. The van der Waals surface area contributed by atoms with Gasteiger partial charge < -0.3 is 19.7 Å². The first-order valence-corrected chi connectivity index (χ1v) is 16.6. The minimum atomic E-state index is -4.37. The van der Waals surface area contributed by atoms with Crippen molar-refractivity contribution in [1.82, 2.24) is 10.2 Å². The zero-order valence-corrected chi connectivity index (χ0v) is 28.0. The quantitative estimate of drug-likeness (QED) is 0.193. The lowest BCUT2D eigenvalue weighted by Gasteiger charge is -2.34. The van der Waals surface area contributed by atoms with Crippen LogP contribution in [0.2, 0.25) is 0 Å². The van der Waals surface area contributed by atoms with Crippen molar-refractivity contribution in [1.29, 1.82) is 0 Å². The molecule has 0 bridgehead atoms. The molecule has 9 nitrogen and oxygen atoms in total. The lowest BCUT2D eigenvalue weighted by atomic mass is 10.0. The summed E-state index contributed by atoms with van der Waals surface area (Å²) in [5, 5.41) is 2.83. The Hall–Kier alpha value is -4.90. The molecule has 1 atom stereocenters. The molecular formula is C36H40FN3O6S. The van der Waals surface area contributed by atoms with Crippen molar-refractivity contribution in [3.63, 3.8) is 0 Å². The maximum absolute atomic E-state index is 14.5. The fourth-order valence-electron chi connectivity index (χ4n) is 5.36. The number of carbonyl (C=O) groups excluding carboxylic acids is 2. The molecule has 0 fully saturated rings. The van der Waals surface area contributed by atoms with Crippen LogP contribution in [0, 0.1) is 19.7 Å². The van der Waals surface area contributed by atoms with E-state index < -0.39 is 40.2 Å². The molecule has 0 spiro atoms. The number of hydrogen-bond donors (Lipinski definition) is 1. The Bertz CT molecular complexity index is 1780. The number of anilines is 1. The molecular weight excluding hydrogens is 621 g/mol. The number of methoxy groups -OCH3 is 2. The van der Waals surface area contributed by atoms with Gasteiger partial charge in [-0.3, -0.25) is 13.9 Å². The predicted octanol–water partition coefficient (Wildman–Crippen LogP) is 5.43. The van der Waals surface area contributed by atoms with Gasteiger partial charge >= 0.3 is 0 Å². The van der Waals surface area contributed by atoms with E-state index in [1.165, 1.54) is 61.6 Å². The molecule has 0 aromatic heterocycles. The normalized spacial score (nSPS) is 11.8. The summed E-state index contributed by atoms with van der Waals surface area (Å²) in [7, 11) is -1.52. The molecule has 0 saturated heterocycles. The van der Waals surface area contributed by atoms with Crippen molar-refractivity contribution in [3.05, 3.63) is 119 Å². The minimum Gasteiger partial charge on any atom is -0.493 e. The summed E-state index contributed by atoms with van der Waals surface area (Å²) in [5.74, 6) is -0.913. The molecule has 4 rings (SSSR count). The van der Waals surface area contributed by atoms with Gasteiger partial charge in [-0.1, -0.05) is 48.5 Å². The third-order valence-corrected chi connectivity index (χ3v) is 9.37. The number of aryl methyl sites for hydroxylation is 2. The number of carbonyl (C=O) groups is 2. The predicted molar refractivity (Wildman–Crippen MR) is 180 cm³/mol. The van der Waals surface area contributed by atoms with Crippen molar-refractivity contribution in [2.75, 3.05) is 31.6 Å². The molecule has 0 aliphatic carbocycles. The summed E-state index contributed by atoms with van der Waals surface area (Å²) >= 11 is 0. The summed E-state index contributed by atoms with van der Waals surface area (Å²) in [4.78, 5) is 29.4. The monoisotopic (exact) mass is 661 g/mol. The van der Waals surface area contributed by atoms with Gasteiger partial charge in [0, 0.05) is 25.6 Å². The van der Waals surface area contributed by atoms with Crippen LogP contribution < -0.4 is 19.1 Å². The van der Waals surface area contributed by atoms with Crippen LogP contribution in [0.3, 0.4) is 0 Å². The molecule has 4 aromatic carbocycles. The Morgan fingerprint density at radius 2 is 1.47 bits per heavy atom. The van der Waals surface area contributed by atoms with Crippen LogP contribution in [0.5, 0.6) is 11.5 Å². The highest BCUT2D eigenvalue weighted by atomic mass is 32.2. The Balaban J connectivity index is 1.84. The third kappa shape index (κ3) is 8.68. The van der Waals surface area contributed by atoms with Crippen LogP contribution in [-0.4, -0.2) is 58.5 Å². The minimum absolute atomic E-state index is 0.0646. The van der Waals surface area contributed by atoms with E-state index in [0.717, 1.165) is 21.0 Å². The van der Waals surface area contributed by atoms with E-state index in [-0.39, 0.29) is 29.3 Å². The number of amides is 2. The number of rotatable bonds is 14. The molecule has 0 aliphatic rings. The van der Waals surface area contributed by atoms with E-state index in [1.807, 2.05) is 50.2 Å². The molecule has 0 saturated carbocycles. The van der Waals surface area contributed by atoms with E-state index in [0.29, 0.717) is 17.9 Å². The molecule has 4 aromatic rings. The van der Waals surface area contributed by atoms with Crippen LogP contribution in [-0.2, 0) is 32.6 Å². The second kappa shape index (κ2) is 15.6. The summed E-state index contributed by atoms with van der Waals surface area (Å²) in [6.45, 7) is 5.10. The van der Waals surface area contributed by atoms with Crippen LogP contribution in [0.25, 0.3) is 0 Å². The van der Waals surface area contributed by atoms with Crippen LogP contribution in [0.1, 0.15) is 29.2 Å². The maximum Gasteiger partial charge on any atom is 0.264 e. The number of nitrogens with zero attached hydrogens (tertiary/aromatic N) is 2. The summed E-state index contributed by atoms with van der Waals surface area (Å²) in [5.41, 5.74) is 3.26.